The van der Waals surface area contributed by atoms with Gasteiger partial charge in [0.15, 0.2) is 10.3 Å². The SMILES string of the molecule is CSc1cc(-c2ccccc2)s[s+]1.[O-][Cl+3]([O-])([O-])[O-]. The fourth-order valence-electron chi connectivity index (χ4n) is 1.07. The molecule has 8 heteroatoms. The maximum Gasteiger partial charge on any atom is 0.308 e. The Morgan fingerprint density at radius 3 is 2.11 bits per heavy atom. The van der Waals surface area contributed by atoms with Gasteiger partial charge >= 0.3 is 10.3 Å². The lowest BCUT2D eigenvalue weighted by Crippen LogP contribution is -2.68. The molecule has 18 heavy (non-hydrogen) atoms. The predicted molar refractivity (Wildman–Crippen MR) is 63.8 cm³/mol. The predicted octanol–water partition coefficient (Wildman–Crippen LogP) is -0.276. The van der Waals surface area contributed by atoms with Gasteiger partial charge in [0.2, 0.25) is 0 Å². The van der Waals surface area contributed by atoms with Gasteiger partial charge in [0, 0.05) is 6.07 Å². The number of benzene rings is 1. The van der Waals surface area contributed by atoms with Crippen LogP contribution in [0.5, 0.6) is 0 Å². The molecule has 2 aromatic rings. The van der Waals surface area contributed by atoms with Gasteiger partial charge in [-0.25, -0.2) is 18.6 Å². The number of hydrogen-bond donors (Lipinski definition) is 0. The van der Waals surface area contributed by atoms with Crippen molar-refractivity contribution in [2.75, 3.05) is 6.26 Å². The van der Waals surface area contributed by atoms with Gasteiger partial charge in [-0.1, -0.05) is 42.1 Å². The Morgan fingerprint density at radius 1 is 1.11 bits per heavy atom. The summed E-state index contributed by atoms with van der Waals surface area (Å²) in [7, 11) is -1.25. The van der Waals surface area contributed by atoms with Crippen LogP contribution in [-0.2, 0) is 0 Å². The van der Waals surface area contributed by atoms with Crippen molar-refractivity contribution in [3.05, 3.63) is 36.4 Å². The summed E-state index contributed by atoms with van der Waals surface area (Å²) in [5.74, 6) is 0. The van der Waals surface area contributed by atoms with Gasteiger partial charge in [0.25, 0.3) is 4.21 Å². The second-order valence-electron chi connectivity index (χ2n) is 2.94. The highest BCUT2D eigenvalue weighted by molar-refractivity contribution is 8.02. The summed E-state index contributed by atoms with van der Waals surface area (Å²) in [6, 6.07) is 12.8. The van der Waals surface area contributed by atoms with Crippen molar-refractivity contribution < 1.29 is 28.9 Å². The molecule has 1 heterocycles. The van der Waals surface area contributed by atoms with E-state index in [-0.39, 0.29) is 0 Å². The minimum Gasteiger partial charge on any atom is -0.222 e. The van der Waals surface area contributed by atoms with Gasteiger partial charge in [-0.05, 0) is 11.8 Å². The average Bonchev–Trinajstić information content (AvgIpc) is 2.76. The molecule has 0 bridgehead atoms. The Kier molecular flexibility index (Phi) is 6.47. The zero-order chi connectivity index (χ0) is 13.6. The van der Waals surface area contributed by atoms with E-state index in [9.17, 15) is 0 Å². The molecule has 0 N–H and O–H groups in total. The molecular weight excluding hydrogens is 316 g/mol. The Balaban J connectivity index is 0.000000280. The molecule has 4 nitrogen and oxygen atoms in total. The molecular formula is C10H9ClO4S3. The first kappa shape index (κ1) is 15.8. The fourth-order valence-corrected chi connectivity index (χ4v) is 4.47. The van der Waals surface area contributed by atoms with Crippen LogP contribution in [0.3, 0.4) is 0 Å². The number of halogens is 1. The van der Waals surface area contributed by atoms with Crippen molar-refractivity contribution in [3.63, 3.8) is 0 Å². The van der Waals surface area contributed by atoms with E-state index in [0.717, 1.165) is 0 Å². The molecule has 0 saturated heterocycles. The zero-order valence-electron chi connectivity index (χ0n) is 9.20. The zero-order valence-corrected chi connectivity index (χ0v) is 12.4. The lowest BCUT2D eigenvalue weighted by atomic mass is 10.2. The molecule has 0 amide bonds. The Labute approximate surface area is 118 Å². The van der Waals surface area contributed by atoms with Gasteiger partial charge in [-0.15, -0.1) is 10.2 Å². The van der Waals surface area contributed by atoms with Crippen molar-refractivity contribution in [3.8, 4) is 10.4 Å². The third-order valence-corrected chi connectivity index (χ3v) is 5.53. The monoisotopic (exact) mass is 324 g/mol. The van der Waals surface area contributed by atoms with Gasteiger partial charge in [-0.3, -0.25) is 0 Å². The van der Waals surface area contributed by atoms with Crippen LogP contribution in [0, 0.1) is 10.2 Å². The molecule has 98 valence electrons. The highest BCUT2D eigenvalue weighted by atomic mass is 35.7. The van der Waals surface area contributed by atoms with Crippen LogP contribution in [0.15, 0.2) is 40.6 Å². The summed E-state index contributed by atoms with van der Waals surface area (Å²) >= 11 is 1.81. The molecule has 0 radical (unpaired) electrons. The largest absolute Gasteiger partial charge is 0.308 e. The molecule has 0 saturated carbocycles. The molecule has 2 rings (SSSR count). The van der Waals surface area contributed by atoms with Crippen LogP contribution in [0.2, 0.25) is 0 Å². The van der Waals surface area contributed by atoms with Crippen LogP contribution >= 0.6 is 32.4 Å². The first-order valence-electron chi connectivity index (χ1n) is 4.54. The normalized spacial score (nSPS) is 10.7. The van der Waals surface area contributed by atoms with Crippen LogP contribution in [0.25, 0.3) is 10.4 Å². The standard InChI is InChI=1S/C10H9S3.ClHO4/c1-11-10-7-9(12-13-10)8-5-3-2-4-6-8;2-1(3,4)5/h2-7H,1H3;(H,2,3,4,5)/q+1;/p-1. The van der Waals surface area contributed by atoms with Gasteiger partial charge in [0.1, 0.15) is 0 Å². The third-order valence-electron chi connectivity index (χ3n) is 1.72. The van der Waals surface area contributed by atoms with Crippen molar-refractivity contribution in [2.24, 2.45) is 0 Å². The van der Waals surface area contributed by atoms with Crippen molar-refractivity contribution >= 4 is 32.4 Å². The highest BCUT2D eigenvalue weighted by Crippen LogP contribution is 2.35. The second-order valence-corrected chi connectivity index (χ2v) is 7.02. The summed E-state index contributed by atoms with van der Waals surface area (Å²) in [5, 5.41) is 0. The summed E-state index contributed by atoms with van der Waals surface area (Å²) in [6.07, 6.45) is 2.12. The van der Waals surface area contributed by atoms with Crippen molar-refractivity contribution in [1.29, 1.82) is 0 Å². The Bertz CT molecular complexity index is 463. The Hall–Kier alpha value is -0.250. The van der Waals surface area contributed by atoms with E-state index in [4.69, 9.17) is 18.6 Å². The summed E-state index contributed by atoms with van der Waals surface area (Å²) in [5.41, 5.74) is 1.32. The molecule has 0 aliphatic rings. The van der Waals surface area contributed by atoms with E-state index in [2.05, 4.69) is 42.7 Å². The van der Waals surface area contributed by atoms with Crippen molar-refractivity contribution in [1.82, 2.24) is 0 Å². The van der Waals surface area contributed by atoms with E-state index in [1.54, 1.807) is 0 Å². The van der Waals surface area contributed by atoms with Gasteiger partial charge in [-0.2, -0.15) is 0 Å². The Morgan fingerprint density at radius 2 is 1.67 bits per heavy atom. The first-order valence-corrected chi connectivity index (χ1v) is 9.15. The maximum atomic E-state index is 8.49. The molecule has 0 aliphatic carbocycles. The first-order chi connectivity index (χ1) is 8.40. The van der Waals surface area contributed by atoms with Gasteiger partial charge in [0.05, 0.1) is 4.88 Å². The quantitative estimate of drug-likeness (QED) is 0.430. The number of thioether (sulfide) groups is 1. The van der Waals surface area contributed by atoms with Gasteiger partial charge < -0.3 is 0 Å². The van der Waals surface area contributed by atoms with E-state index < -0.39 is 10.2 Å². The lowest BCUT2D eigenvalue weighted by molar-refractivity contribution is -2.00. The fraction of sp³-hybridized carbons (Fsp3) is 0.100. The minimum absolute atomic E-state index is 1.32. The van der Waals surface area contributed by atoms with E-state index in [1.165, 1.54) is 14.6 Å². The molecule has 0 atom stereocenters. The minimum atomic E-state index is -4.94. The summed E-state index contributed by atoms with van der Waals surface area (Å²) in [4.78, 5) is 1.37. The van der Waals surface area contributed by atoms with Crippen LogP contribution < -0.4 is 18.6 Å². The number of rotatable bonds is 2. The summed E-state index contributed by atoms with van der Waals surface area (Å²) < 4.78 is 35.4. The lowest BCUT2D eigenvalue weighted by Gasteiger charge is -2.17. The van der Waals surface area contributed by atoms with Crippen LogP contribution in [0.1, 0.15) is 0 Å². The molecule has 0 spiro atoms. The van der Waals surface area contributed by atoms with E-state index >= 15 is 0 Å². The molecule has 1 aromatic heterocycles. The van der Waals surface area contributed by atoms with Crippen LogP contribution in [0.4, 0.5) is 0 Å². The van der Waals surface area contributed by atoms with Crippen LogP contribution in [-0.4, -0.2) is 6.26 Å². The molecule has 0 fully saturated rings. The number of hydrogen-bond acceptors (Lipinski definition) is 6. The molecule has 0 aliphatic heterocycles. The van der Waals surface area contributed by atoms with Crippen molar-refractivity contribution in [2.45, 2.75) is 4.21 Å². The third kappa shape index (κ3) is 6.62. The maximum absolute atomic E-state index is 8.49. The highest BCUT2D eigenvalue weighted by Gasteiger charge is 2.12. The molecule has 0 unspecified atom stereocenters. The second kappa shape index (κ2) is 7.37. The van der Waals surface area contributed by atoms with E-state index in [0.29, 0.717) is 0 Å². The topological polar surface area (TPSA) is 92.2 Å². The van der Waals surface area contributed by atoms with E-state index in [1.807, 2.05) is 32.4 Å². The average molecular weight is 325 g/mol. The smallest absolute Gasteiger partial charge is 0.222 e. The summed E-state index contributed by atoms with van der Waals surface area (Å²) in [6.45, 7) is 0. The molecule has 1 aromatic carbocycles.